The smallest absolute Gasteiger partial charge is 0.399 e. The van der Waals surface area contributed by atoms with Crippen LogP contribution in [0.15, 0.2) is 54.6 Å². The van der Waals surface area contributed by atoms with Crippen LogP contribution in [0.25, 0.3) is 10.9 Å². The molecule has 2 heterocycles. The molecule has 0 aliphatic carbocycles. The molecule has 4 rings (SSSR count). The summed E-state index contributed by atoms with van der Waals surface area (Å²) in [5, 5.41) is 0.990. The van der Waals surface area contributed by atoms with E-state index in [2.05, 4.69) is 4.98 Å². The van der Waals surface area contributed by atoms with E-state index in [0.29, 0.717) is 11.3 Å². The molecule has 0 spiro atoms. The number of carbonyl (C=O) groups is 1. The highest BCUT2D eigenvalue weighted by atomic mass is 16.7. The summed E-state index contributed by atoms with van der Waals surface area (Å²) in [4.78, 5) is 15.9. The molecule has 26 heavy (non-hydrogen) atoms. The van der Waals surface area contributed by atoms with Crippen molar-refractivity contribution in [2.24, 2.45) is 0 Å². The predicted octanol–water partition coefficient (Wildman–Crippen LogP) is 3.70. The zero-order valence-electron chi connectivity index (χ0n) is 15.5. The molecule has 5 heteroatoms. The Bertz CT molecular complexity index is 959. The summed E-state index contributed by atoms with van der Waals surface area (Å²) < 4.78 is 12.2. The molecule has 1 N–H and O–H groups in total. The summed E-state index contributed by atoms with van der Waals surface area (Å²) in [6.45, 7) is 8.15. The fourth-order valence-corrected chi connectivity index (χ4v) is 3.14. The number of benzene rings is 2. The molecule has 3 aromatic rings. The van der Waals surface area contributed by atoms with Crippen molar-refractivity contribution in [3.8, 4) is 0 Å². The topological polar surface area (TPSA) is 51.3 Å². The molecular formula is C21H22BNO3. The van der Waals surface area contributed by atoms with Crippen molar-refractivity contribution in [1.29, 1.82) is 0 Å². The predicted molar refractivity (Wildman–Crippen MR) is 104 cm³/mol. The van der Waals surface area contributed by atoms with Crippen molar-refractivity contribution in [3.63, 3.8) is 0 Å². The number of rotatable bonds is 3. The van der Waals surface area contributed by atoms with Gasteiger partial charge in [-0.1, -0.05) is 42.5 Å². The number of aromatic nitrogens is 1. The maximum absolute atomic E-state index is 12.6. The van der Waals surface area contributed by atoms with Gasteiger partial charge >= 0.3 is 7.12 Å². The molecule has 0 amide bonds. The Labute approximate surface area is 153 Å². The molecule has 0 saturated carbocycles. The second-order valence-corrected chi connectivity index (χ2v) is 7.81. The zero-order valence-corrected chi connectivity index (χ0v) is 15.5. The van der Waals surface area contributed by atoms with E-state index in [4.69, 9.17) is 9.31 Å². The van der Waals surface area contributed by atoms with E-state index in [9.17, 15) is 4.79 Å². The van der Waals surface area contributed by atoms with E-state index in [1.165, 1.54) is 0 Å². The van der Waals surface area contributed by atoms with Crippen molar-refractivity contribution in [2.45, 2.75) is 38.9 Å². The lowest BCUT2D eigenvalue weighted by atomic mass is 9.79. The molecule has 1 fully saturated rings. The van der Waals surface area contributed by atoms with Crippen molar-refractivity contribution < 1.29 is 14.1 Å². The zero-order chi connectivity index (χ0) is 18.5. The van der Waals surface area contributed by atoms with Crippen molar-refractivity contribution in [3.05, 3.63) is 65.9 Å². The minimum absolute atomic E-state index is 0.0148. The van der Waals surface area contributed by atoms with Crippen molar-refractivity contribution in [2.75, 3.05) is 0 Å². The number of ketones is 1. The molecule has 1 aliphatic rings. The highest BCUT2D eigenvalue weighted by Crippen LogP contribution is 2.36. The molecule has 0 bridgehead atoms. The van der Waals surface area contributed by atoms with E-state index in [1.807, 2.05) is 82.3 Å². The third kappa shape index (κ3) is 2.77. The van der Waals surface area contributed by atoms with Crippen LogP contribution in [-0.2, 0) is 9.31 Å². The van der Waals surface area contributed by atoms with Crippen LogP contribution in [-0.4, -0.2) is 29.1 Å². The molecule has 1 aromatic heterocycles. The highest BCUT2D eigenvalue weighted by molar-refractivity contribution is 6.62. The Balaban J connectivity index is 1.66. The minimum Gasteiger partial charge on any atom is -0.399 e. The summed E-state index contributed by atoms with van der Waals surface area (Å²) in [6, 6.07) is 17.2. The Hall–Kier alpha value is -2.37. The van der Waals surface area contributed by atoms with Crippen molar-refractivity contribution >= 4 is 29.3 Å². The maximum atomic E-state index is 12.6. The quantitative estimate of drug-likeness (QED) is 0.581. The van der Waals surface area contributed by atoms with Crippen LogP contribution in [0.1, 0.15) is 43.7 Å². The average Bonchev–Trinajstić information content (AvgIpc) is 3.12. The van der Waals surface area contributed by atoms with Gasteiger partial charge in [-0.2, -0.15) is 0 Å². The molecule has 2 aromatic carbocycles. The van der Waals surface area contributed by atoms with Crippen LogP contribution in [0, 0.1) is 0 Å². The van der Waals surface area contributed by atoms with Crippen LogP contribution in [0.4, 0.5) is 0 Å². The SMILES string of the molecule is CC1(C)OB(c2ccc3cc(C(=O)c4ccccc4)[nH]c3c2)OC1(C)C. The van der Waals surface area contributed by atoms with Gasteiger partial charge in [0, 0.05) is 16.5 Å². The van der Waals surface area contributed by atoms with Crippen LogP contribution >= 0.6 is 0 Å². The van der Waals surface area contributed by atoms with Gasteiger partial charge in [0.05, 0.1) is 16.9 Å². The first-order valence-corrected chi connectivity index (χ1v) is 8.85. The second-order valence-electron chi connectivity index (χ2n) is 7.81. The summed E-state index contributed by atoms with van der Waals surface area (Å²) >= 11 is 0. The first-order valence-electron chi connectivity index (χ1n) is 8.85. The first-order chi connectivity index (χ1) is 12.3. The standard InChI is InChI=1S/C21H22BNO3/c1-20(2)21(3,4)26-22(25-20)16-11-10-15-12-18(23-17(15)13-16)19(24)14-8-6-5-7-9-14/h5-13,23H,1-4H3. The van der Waals surface area contributed by atoms with Gasteiger partial charge in [0.25, 0.3) is 0 Å². The van der Waals surface area contributed by atoms with Crippen LogP contribution in [0.3, 0.4) is 0 Å². The Morgan fingerprint density at radius 1 is 0.923 bits per heavy atom. The molecule has 1 saturated heterocycles. The van der Waals surface area contributed by atoms with Crippen LogP contribution < -0.4 is 5.46 Å². The lowest BCUT2D eigenvalue weighted by Gasteiger charge is -2.32. The molecule has 0 unspecified atom stereocenters. The number of aromatic amines is 1. The fraction of sp³-hybridized carbons (Fsp3) is 0.286. The van der Waals surface area contributed by atoms with Gasteiger partial charge in [0.1, 0.15) is 0 Å². The number of hydrogen-bond donors (Lipinski definition) is 1. The van der Waals surface area contributed by atoms with Gasteiger partial charge in [-0.25, -0.2) is 0 Å². The molecule has 1 aliphatic heterocycles. The third-order valence-corrected chi connectivity index (χ3v) is 5.45. The van der Waals surface area contributed by atoms with Gasteiger partial charge in [-0.15, -0.1) is 0 Å². The first kappa shape index (κ1) is 17.1. The molecule has 132 valence electrons. The number of fused-ring (bicyclic) bond motifs is 1. The van der Waals surface area contributed by atoms with Gasteiger partial charge in [0.2, 0.25) is 5.78 Å². The van der Waals surface area contributed by atoms with Gasteiger partial charge < -0.3 is 14.3 Å². The minimum atomic E-state index is -0.416. The fourth-order valence-electron chi connectivity index (χ4n) is 3.14. The second kappa shape index (κ2) is 5.83. The van der Waals surface area contributed by atoms with E-state index in [0.717, 1.165) is 16.4 Å². The number of carbonyl (C=O) groups excluding carboxylic acids is 1. The largest absolute Gasteiger partial charge is 0.494 e. The lowest BCUT2D eigenvalue weighted by molar-refractivity contribution is 0.00578. The summed E-state index contributed by atoms with van der Waals surface area (Å²) in [6.07, 6.45) is 0. The molecular weight excluding hydrogens is 325 g/mol. The lowest BCUT2D eigenvalue weighted by Crippen LogP contribution is -2.41. The van der Waals surface area contributed by atoms with Crippen LogP contribution in [0.2, 0.25) is 0 Å². The van der Waals surface area contributed by atoms with Gasteiger partial charge in [-0.3, -0.25) is 4.79 Å². The number of hydrogen-bond acceptors (Lipinski definition) is 3. The Morgan fingerprint density at radius 2 is 1.58 bits per heavy atom. The van der Waals surface area contributed by atoms with Crippen LogP contribution in [0.5, 0.6) is 0 Å². The monoisotopic (exact) mass is 347 g/mol. The van der Waals surface area contributed by atoms with Gasteiger partial charge in [-0.05, 0) is 45.3 Å². The van der Waals surface area contributed by atoms with Crippen molar-refractivity contribution in [1.82, 2.24) is 4.98 Å². The Kier molecular flexibility index (Phi) is 3.83. The highest BCUT2D eigenvalue weighted by Gasteiger charge is 2.51. The normalized spacial score (nSPS) is 18.4. The van der Waals surface area contributed by atoms with E-state index >= 15 is 0 Å². The summed E-state index contributed by atoms with van der Waals surface area (Å²) in [5.41, 5.74) is 2.34. The van der Waals surface area contributed by atoms with E-state index in [-0.39, 0.29) is 17.0 Å². The Morgan fingerprint density at radius 3 is 2.23 bits per heavy atom. The van der Waals surface area contributed by atoms with E-state index < -0.39 is 7.12 Å². The maximum Gasteiger partial charge on any atom is 0.494 e. The molecule has 0 atom stereocenters. The summed E-state index contributed by atoms with van der Waals surface area (Å²) in [7, 11) is -0.416. The van der Waals surface area contributed by atoms with Gasteiger partial charge in [0.15, 0.2) is 0 Å². The molecule has 0 radical (unpaired) electrons. The third-order valence-electron chi connectivity index (χ3n) is 5.45. The molecule has 4 nitrogen and oxygen atoms in total. The van der Waals surface area contributed by atoms with E-state index in [1.54, 1.807) is 0 Å². The number of nitrogens with one attached hydrogen (secondary N) is 1. The average molecular weight is 347 g/mol. The summed E-state index contributed by atoms with van der Waals surface area (Å²) in [5.74, 6) is -0.0148. The number of H-pyrrole nitrogens is 1.